The van der Waals surface area contributed by atoms with Gasteiger partial charge in [0.25, 0.3) is 0 Å². The Labute approximate surface area is 175 Å². The molecule has 1 aromatic heterocycles. The minimum absolute atomic E-state index is 0.192. The quantitative estimate of drug-likeness (QED) is 0.445. The first kappa shape index (κ1) is 19.5. The summed E-state index contributed by atoms with van der Waals surface area (Å²) in [5, 5.41) is 3.09. The van der Waals surface area contributed by atoms with E-state index in [0.717, 1.165) is 33.7 Å². The lowest BCUT2D eigenvalue weighted by Crippen LogP contribution is -2.29. The number of hydrogen-bond donors (Lipinski definition) is 2. The molecule has 2 N–H and O–H groups in total. The number of carbonyl (C=O) groups is 1. The van der Waals surface area contributed by atoms with E-state index in [9.17, 15) is 4.79 Å². The molecule has 0 aliphatic carbocycles. The topological polar surface area (TPSA) is 67.0 Å². The van der Waals surface area contributed by atoms with E-state index in [0.29, 0.717) is 6.42 Å². The number of methoxy groups -OCH3 is 1. The Morgan fingerprint density at radius 2 is 1.77 bits per heavy atom. The normalized spacial score (nSPS) is 12.2. The minimum Gasteiger partial charge on any atom is -0.496 e. The summed E-state index contributed by atoms with van der Waals surface area (Å²) in [6.07, 6.45) is 3.92. The molecule has 5 heteroatoms. The van der Waals surface area contributed by atoms with Crippen molar-refractivity contribution >= 4 is 23.0 Å². The van der Waals surface area contributed by atoms with Crippen molar-refractivity contribution in [3.05, 3.63) is 102 Å². The number of ether oxygens (including phenoxy) is 1. The van der Waals surface area contributed by atoms with Crippen molar-refractivity contribution in [2.75, 3.05) is 7.11 Å². The van der Waals surface area contributed by atoms with Crippen LogP contribution in [0.4, 0.5) is 0 Å². The summed E-state index contributed by atoms with van der Waals surface area (Å²) in [6.45, 7) is 0. The second kappa shape index (κ2) is 9.09. The van der Waals surface area contributed by atoms with Gasteiger partial charge in [-0.25, -0.2) is 4.98 Å². The molecule has 0 aliphatic rings. The van der Waals surface area contributed by atoms with Gasteiger partial charge < -0.3 is 15.0 Å². The third kappa shape index (κ3) is 4.58. The predicted molar refractivity (Wildman–Crippen MR) is 119 cm³/mol. The number of benzene rings is 3. The van der Waals surface area contributed by atoms with Gasteiger partial charge in [-0.15, -0.1) is 0 Å². The molecule has 0 radical (unpaired) electrons. The number of nitrogens with one attached hydrogen (secondary N) is 2. The zero-order chi connectivity index (χ0) is 20.8. The van der Waals surface area contributed by atoms with Crippen LogP contribution < -0.4 is 10.1 Å². The first-order valence-corrected chi connectivity index (χ1v) is 9.83. The van der Waals surface area contributed by atoms with Crippen LogP contribution in [0.2, 0.25) is 0 Å². The number of hydrogen-bond acceptors (Lipinski definition) is 3. The molecular weight excluding hydrogens is 374 g/mol. The molecule has 0 saturated carbocycles. The van der Waals surface area contributed by atoms with Crippen molar-refractivity contribution in [3.8, 4) is 5.75 Å². The fourth-order valence-corrected chi connectivity index (χ4v) is 3.39. The van der Waals surface area contributed by atoms with E-state index in [4.69, 9.17) is 9.72 Å². The fraction of sp³-hybridized carbons (Fsp3) is 0.120. The van der Waals surface area contributed by atoms with Crippen molar-refractivity contribution in [2.24, 2.45) is 0 Å². The van der Waals surface area contributed by atoms with E-state index in [1.807, 2.05) is 78.9 Å². The molecular formula is C25H23N3O2. The smallest absolute Gasteiger partial charge is 0.244 e. The Kier molecular flexibility index (Phi) is 5.90. The summed E-state index contributed by atoms with van der Waals surface area (Å²) in [7, 11) is 1.62. The van der Waals surface area contributed by atoms with Gasteiger partial charge in [0.2, 0.25) is 5.91 Å². The van der Waals surface area contributed by atoms with Gasteiger partial charge in [0, 0.05) is 11.6 Å². The van der Waals surface area contributed by atoms with E-state index in [2.05, 4.69) is 10.3 Å². The van der Waals surface area contributed by atoms with Gasteiger partial charge in [-0.2, -0.15) is 0 Å². The molecule has 0 fully saturated rings. The summed E-state index contributed by atoms with van der Waals surface area (Å²) in [6, 6.07) is 25.2. The van der Waals surface area contributed by atoms with Crippen LogP contribution in [0.25, 0.3) is 17.1 Å². The number of carbonyl (C=O) groups excluding carboxylic acids is 1. The monoisotopic (exact) mass is 397 g/mol. The van der Waals surface area contributed by atoms with Gasteiger partial charge in [0.1, 0.15) is 11.6 Å². The maximum Gasteiger partial charge on any atom is 0.244 e. The van der Waals surface area contributed by atoms with Crippen LogP contribution in [0.5, 0.6) is 5.75 Å². The highest BCUT2D eigenvalue weighted by Crippen LogP contribution is 2.21. The number of aromatic amines is 1. The molecule has 30 heavy (non-hydrogen) atoms. The first-order chi connectivity index (χ1) is 14.7. The number of nitrogens with zero attached hydrogens (tertiary/aromatic N) is 1. The highest BCUT2D eigenvalue weighted by atomic mass is 16.5. The average Bonchev–Trinajstić information content (AvgIpc) is 3.22. The lowest BCUT2D eigenvalue weighted by Gasteiger charge is -2.16. The minimum atomic E-state index is -0.283. The SMILES string of the molecule is COc1ccccc1/C=C/C(=O)N[C@@H](Cc1ccccc1)c1nc2ccccc2[nH]1. The fourth-order valence-electron chi connectivity index (χ4n) is 3.39. The Morgan fingerprint density at radius 3 is 2.57 bits per heavy atom. The molecule has 4 rings (SSSR count). The Bertz CT molecular complexity index is 1130. The van der Waals surface area contributed by atoms with Gasteiger partial charge in [-0.3, -0.25) is 4.79 Å². The summed E-state index contributed by atoms with van der Waals surface area (Å²) in [5.74, 6) is 1.26. The van der Waals surface area contributed by atoms with Crippen molar-refractivity contribution in [1.82, 2.24) is 15.3 Å². The van der Waals surface area contributed by atoms with Gasteiger partial charge in [0.15, 0.2) is 0 Å². The number of fused-ring (bicyclic) bond motifs is 1. The van der Waals surface area contributed by atoms with Crippen LogP contribution >= 0.6 is 0 Å². The van der Waals surface area contributed by atoms with Gasteiger partial charge >= 0.3 is 0 Å². The largest absolute Gasteiger partial charge is 0.496 e. The Balaban J connectivity index is 1.57. The molecule has 1 amide bonds. The summed E-state index contributed by atoms with van der Waals surface area (Å²) >= 11 is 0. The van der Waals surface area contributed by atoms with Crippen LogP contribution in [0.15, 0.2) is 84.9 Å². The average molecular weight is 397 g/mol. The first-order valence-electron chi connectivity index (χ1n) is 9.83. The van der Waals surface area contributed by atoms with Crippen molar-refractivity contribution in [3.63, 3.8) is 0 Å². The zero-order valence-corrected chi connectivity index (χ0v) is 16.7. The van der Waals surface area contributed by atoms with E-state index < -0.39 is 0 Å². The number of aromatic nitrogens is 2. The third-order valence-corrected chi connectivity index (χ3v) is 4.89. The maximum atomic E-state index is 12.7. The summed E-state index contributed by atoms with van der Waals surface area (Å²) in [5.41, 5.74) is 3.80. The van der Waals surface area contributed by atoms with Crippen LogP contribution in [0.3, 0.4) is 0 Å². The van der Waals surface area contributed by atoms with E-state index >= 15 is 0 Å². The highest BCUT2D eigenvalue weighted by Gasteiger charge is 2.18. The molecule has 150 valence electrons. The summed E-state index contributed by atoms with van der Waals surface area (Å²) < 4.78 is 5.34. The van der Waals surface area contributed by atoms with Gasteiger partial charge in [-0.05, 0) is 36.3 Å². The second-order valence-corrected chi connectivity index (χ2v) is 6.97. The van der Waals surface area contributed by atoms with Crippen LogP contribution in [-0.4, -0.2) is 23.0 Å². The second-order valence-electron chi connectivity index (χ2n) is 6.97. The molecule has 1 atom stereocenters. The standard InChI is InChI=1S/C25H23N3O2/c1-30-23-14-8-5-11-19(23)15-16-24(29)26-22(17-18-9-3-2-4-10-18)25-27-20-12-6-7-13-21(20)28-25/h2-16,22H,17H2,1H3,(H,26,29)(H,27,28)/b16-15+/t22-/m0/s1. The van der Waals surface area contributed by atoms with E-state index in [1.165, 1.54) is 6.08 Å². The van der Waals surface area contributed by atoms with Crippen molar-refractivity contribution in [1.29, 1.82) is 0 Å². The molecule has 0 spiro atoms. The molecule has 5 nitrogen and oxygen atoms in total. The summed E-state index contributed by atoms with van der Waals surface area (Å²) in [4.78, 5) is 20.8. The van der Waals surface area contributed by atoms with Gasteiger partial charge in [-0.1, -0.05) is 60.7 Å². The number of para-hydroxylation sites is 3. The number of amides is 1. The zero-order valence-electron chi connectivity index (χ0n) is 16.7. The van der Waals surface area contributed by atoms with Crippen molar-refractivity contribution in [2.45, 2.75) is 12.5 Å². The van der Waals surface area contributed by atoms with Crippen LogP contribution in [-0.2, 0) is 11.2 Å². The van der Waals surface area contributed by atoms with Crippen LogP contribution in [0, 0.1) is 0 Å². The van der Waals surface area contributed by atoms with Gasteiger partial charge in [0.05, 0.1) is 24.2 Å². The van der Waals surface area contributed by atoms with Crippen molar-refractivity contribution < 1.29 is 9.53 Å². The lowest BCUT2D eigenvalue weighted by molar-refractivity contribution is -0.117. The Morgan fingerprint density at radius 1 is 1.03 bits per heavy atom. The molecule has 4 aromatic rings. The van der Waals surface area contributed by atoms with E-state index in [-0.39, 0.29) is 11.9 Å². The molecule has 1 heterocycles. The van der Waals surface area contributed by atoms with E-state index in [1.54, 1.807) is 13.2 Å². The predicted octanol–water partition coefficient (Wildman–Crippen LogP) is 4.68. The molecule has 0 unspecified atom stereocenters. The molecule has 3 aromatic carbocycles. The molecule has 0 saturated heterocycles. The third-order valence-electron chi connectivity index (χ3n) is 4.89. The number of imidazole rings is 1. The molecule has 0 bridgehead atoms. The Hall–Kier alpha value is -3.86. The van der Waals surface area contributed by atoms with Crippen LogP contribution in [0.1, 0.15) is 23.0 Å². The number of H-pyrrole nitrogens is 1. The molecule has 0 aliphatic heterocycles. The highest BCUT2D eigenvalue weighted by molar-refractivity contribution is 5.92. The maximum absolute atomic E-state index is 12.7. The lowest BCUT2D eigenvalue weighted by atomic mass is 10.1. The number of rotatable bonds is 7.